The van der Waals surface area contributed by atoms with Crippen LogP contribution < -0.4 is 15.2 Å². The molecule has 0 spiro atoms. The first-order valence-corrected chi connectivity index (χ1v) is 7.11. The minimum atomic E-state index is 0.395. The fourth-order valence-corrected chi connectivity index (χ4v) is 2.25. The molecule has 0 atom stereocenters. The Labute approximate surface area is 124 Å². The summed E-state index contributed by atoms with van der Waals surface area (Å²) in [7, 11) is 3.23. The number of ether oxygens (including phenoxy) is 2. The highest BCUT2D eigenvalue weighted by Crippen LogP contribution is 2.29. The van der Waals surface area contributed by atoms with Gasteiger partial charge in [-0.3, -0.25) is 0 Å². The zero-order valence-electron chi connectivity index (χ0n) is 12.8. The predicted molar refractivity (Wildman–Crippen MR) is 81.0 cm³/mol. The lowest BCUT2D eigenvalue weighted by molar-refractivity contribution is 0.354. The summed E-state index contributed by atoms with van der Waals surface area (Å²) in [5.41, 5.74) is 8.56. The maximum atomic E-state index is 5.75. The highest BCUT2D eigenvalue weighted by atomic mass is 16.5. The van der Waals surface area contributed by atoms with Crippen molar-refractivity contribution >= 4 is 0 Å². The van der Waals surface area contributed by atoms with Crippen LogP contribution >= 0.6 is 0 Å². The topological polar surface area (TPSA) is 75.2 Å². The second kappa shape index (κ2) is 7.08. The average Bonchev–Trinajstić information content (AvgIpc) is 2.94. The molecule has 0 fully saturated rings. The van der Waals surface area contributed by atoms with Gasteiger partial charge in [0.15, 0.2) is 11.5 Å². The molecule has 1 heterocycles. The van der Waals surface area contributed by atoms with Crippen molar-refractivity contribution < 1.29 is 9.47 Å². The third-order valence-corrected chi connectivity index (χ3v) is 3.42. The Morgan fingerprint density at radius 3 is 2.57 bits per heavy atom. The van der Waals surface area contributed by atoms with Crippen LogP contribution in [0.5, 0.6) is 11.5 Å². The largest absolute Gasteiger partial charge is 0.493 e. The number of unbranched alkanes of at least 4 members (excludes halogenated alkanes) is 1. The van der Waals surface area contributed by atoms with Crippen molar-refractivity contribution in [3.05, 3.63) is 29.6 Å². The van der Waals surface area contributed by atoms with Crippen LogP contribution in [0.1, 0.15) is 31.2 Å². The summed E-state index contributed by atoms with van der Waals surface area (Å²) < 4.78 is 12.4. The fraction of sp³-hybridized carbons (Fsp3) is 0.467. The maximum Gasteiger partial charge on any atom is 0.162 e. The van der Waals surface area contributed by atoms with Gasteiger partial charge in [0.05, 0.1) is 31.3 Å². The maximum absolute atomic E-state index is 5.75. The normalized spacial score (nSPS) is 10.7. The monoisotopic (exact) mass is 290 g/mol. The summed E-state index contributed by atoms with van der Waals surface area (Å²) in [6.07, 6.45) is 3.10. The Morgan fingerprint density at radius 2 is 1.95 bits per heavy atom. The van der Waals surface area contributed by atoms with Crippen molar-refractivity contribution in [2.45, 2.75) is 32.7 Å². The molecular weight excluding hydrogens is 268 g/mol. The number of hydrogen-bond acceptors (Lipinski definition) is 5. The Balaban J connectivity index is 2.43. The number of nitrogens with two attached hydrogens (primary N) is 1. The van der Waals surface area contributed by atoms with Crippen LogP contribution in [-0.2, 0) is 13.0 Å². The number of rotatable bonds is 7. The van der Waals surface area contributed by atoms with Gasteiger partial charge in [0.25, 0.3) is 0 Å². The quantitative estimate of drug-likeness (QED) is 0.845. The van der Waals surface area contributed by atoms with E-state index in [1.165, 1.54) is 0 Å². The first-order chi connectivity index (χ1) is 10.2. The summed E-state index contributed by atoms with van der Waals surface area (Å²) >= 11 is 0. The highest BCUT2D eigenvalue weighted by molar-refractivity contribution is 5.49. The minimum absolute atomic E-state index is 0.395. The molecule has 0 aliphatic rings. The van der Waals surface area contributed by atoms with Gasteiger partial charge in [0, 0.05) is 12.6 Å². The molecule has 1 aromatic carbocycles. The second-order valence-electron chi connectivity index (χ2n) is 4.74. The molecule has 0 bridgehead atoms. The van der Waals surface area contributed by atoms with Crippen LogP contribution in [0.4, 0.5) is 0 Å². The van der Waals surface area contributed by atoms with Crippen LogP contribution in [0.3, 0.4) is 0 Å². The van der Waals surface area contributed by atoms with Gasteiger partial charge < -0.3 is 15.2 Å². The molecule has 114 valence electrons. The van der Waals surface area contributed by atoms with Crippen molar-refractivity contribution in [2.75, 3.05) is 14.2 Å². The minimum Gasteiger partial charge on any atom is -0.493 e. The summed E-state index contributed by atoms with van der Waals surface area (Å²) in [6, 6.07) is 5.69. The van der Waals surface area contributed by atoms with E-state index in [4.69, 9.17) is 15.2 Å². The molecule has 0 amide bonds. The molecule has 2 aromatic rings. The summed E-state index contributed by atoms with van der Waals surface area (Å²) in [4.78, 5) is 0. The van der Waals surface area contributed by atoms with Crippen molar-refractivity contribution in [2.24, 2.45) is 5.73 Å². The van der Waals surface area contributed by atoms with Crippen LogP contribution in [0.2, 0.25) is 0 Å². The van der Waals surface area contributed by atoms with E-state index in [9.17, 15) is 0 Å². The molecule has 0 aliphatic carbocycles. The van der Waals surface area contributed by atoms with Gasteiger partial charge in [-0.05, 0) is 25.0 Å². The second-order valence-corrected chi connectivity index (χ2v) is 4.74. The van der Waals surface area contributed by atoms with E-state index in [0.717, 1.165) is 36.3 Å². The molecule has 1 aromatic heterocycles. The van der Waals surface area contributed by atoms with E-state index >= 15 is 0 Å². The molecular formula is C15H22N4O2. The van der Waals surface area contributed by atoms with Gasteiger partial charge >= 0.3 is 0 Å². The van der Waals surface area contributed by atoms with Gasteiger partial charge in [0.1, 0.15) is 0 Å². The lowest BCUT2D eigenvalue weighted by atomic mass is 10.1. The van der Waals surface area contributed by atoms with E-state index < -0.39 is 0 Å². The number of methoxy groups -OCH3 is 2. The summed E-state index contributed by atoms with van der Waals surface area (Å²) in [5.74, 6) is 1.36. The average molecular weight is 290 g/mol. The lowest BCUT2D eigenvalue weighted by Gasteiger charge is -2.11. The zero-order chi connectivity index (χ0) is 15.2. The number of aromatic nitrogens is 3. The van der Waals surface area contributed by atoms with E-state index in [1.807, 2.05) is 22.9 Å². The van der Waals surface area contributed by atoms with Crippen molar-refractivity contribution in [3.8, 4) is 17.2 Å². The van der Waals surface area contributed by atoms with Crippen molar-refractivity contribution in [1.29, 1.82) is 0 Å². The molecule has 0 saturated carbocycles. The highest BCUT2D eigenvalue weighted by Gasteiger charge is 2.14. The Hall–Kier alpha value is -2.08. The molecule has 0 saturated heterocycles. The van der Waals surface area contributed by atoms with Crippen LogP contribution in [-0.4, -0.2) is 29.2 Å². The van der Waals surface area contributed by atoms with Crippen LogP contribution in [0.25, 0.3) is 5.69 Å². The third-order valence-electron chi connectivity index (χ3n) is 3.42. The fourth-order valence-electron chi connectivity index (χ4n) is 2.25. The number of hydrogen-bond donors (Lipinski definition) is 1. The molecule has 2 rings (SSSR count). The standard InChI is InChI=1S/C15H22N4O2/c1-4-5-6-13-12(10-16)17-18-19(13)11-7-8-14(20-2)15(9-11)21-3/h7-9H,4-6,10,16H2,1-3H3. The van der Waals surface area contributed by atoms with Gasteiger partial charge in [-0.1, -0.05) is 18.6 Å². The lowest BCUT2D eigenvalue weighted by Crippen LogP contribution is -2.06. The van der Waals surface area contributed by atoms with E-state index in [0.29, 0.717) is 18.0 Å². The third kappa shape index (κ3) is 3.16. The molecule has 6 nitrogen and oxygen atoms in total. The molecule has 6 heteroatoms. The van der Waals surface area contributed by atoms with Gasteiger partial charge in [-0.15, -0.1) is 5.10 Å². The first kappa shape index (κ1) is 15.3. The van der Waals surface area contributed by atoms with Crippen molar-refractivity contribution in [1.82, 2.24) is 15.0 Å². The SMILES string of the molecule is CCCCc1c(CN)nnn1-c1ccc(OC)c(OC)c1. The van der Waals surface area contributed by atoms with Crippen molar-refractivity contribution in [3.63, 3.8) is 0 Å². The van der Waals surface area contributed by atoms with E-state index in [1.54, 1.807) is 14.2 Å². The molecule has 0 unspecified atom stereocenters. The summed E-state index contributed by atoms with van der Waals surface area (Å²) in [6.45, 7) is 2.55. The van der Waals surface area contributed by atoms with Crippen LogP contribution in [0, 0.1) is 0 Å². The van der Waals surface area contributed by atoms with Gasteiger partial charge in [-0.2, -0.15) is 0 Å². The number of nitrogens with zero attached hydrogens (tertiary/aromatic N) is 3. The Morgan fingerprint density at radius 1 is 1.19 bits per heavy atom. The Kier molecular flexibility index (Phi) is 5.16. The smallest absolute Gasteiger partial charge is 0.162 e. The Bertz CT molecular complexity index is 595. The van der Waals surface area contributed by atoms with E-state index in [2.05, 4.69) is 17.2 Å². The van der Waals surface area contributed by atoms with Gasteiger partial charge in [0.2, 0.25) is 0 Å². The molecule has 0 radical (unpaired) electrons. The number of benzene rings is 1. The first-order valence-electron chi connectivity index (χ1n) is 7.11. The van der Waals surface area contributed by atoms with E-state index in [-0.39, 0.29) is 0 Å². The van der Waals surface area contributed by atoms with Gasteiger partial charge in [-0.25, -0.2) is 4.68 Å². The summed E-state index contributed by atoms with van der Waals surface area (Å²) in [5, 5.41) is 8.41. The molecule has 0 aliphatic heterocycles. The molecule has 21 heavy (non-hydrogen) atoms. The zero-order valence-corrected chi connectivity index (χ0v) is 12.8. The predicted octanol–water partition coefficient (Wildman–Crippen LogP) is 2.09. The van der Waals surface area contributed by atoms with Crippen LogP contribution in [0.15, 0.2) is 18.2 Å². The molecule has 2 N–H and O–H groups in total.